The first kappa shape index (κ1) is 42.2. The van der Waals surface area contributed by atoms with Crippen LogP contribution in [-0.4, -0.2) is 31.1 Å². The molecule has 0 bridgehead atoms. The van der Waals surface area contributed by atoms with Crippen molar-refractivity contribution in [1.29, 1.82) is 0 Å². The van der Waals surface area contributed by atoms with Gasteiger partial charge in [-0.25, -0.2) is 0 Å². The van der Waals surface area contributed by atoms with E-state index in [0.29, 0.717) is 12.8 Å². The predicted molar refractivity (Wildman–Crippen MR) is 189 cm³/mol. The van der Waals surface area contributed by atoms with Crippen molar-refractivity contribution < 1.29 is 15.7 Å². The zero-order valence-corrected chi connectivity index (χ0v) is 32.1. The van der Waals surface area contributed by atoms with Gasteiger partial charge in [0.25, 0.3) is 0 Å². The molecule has 43 heavy (non-hydrogen) atoms. The summed E-state index contributed by atoms with van der Waals surface area (Å²) in [5, 5.41) is 0. The Bertz CT molecular complexity index is 629. The van der Waals surface area contributed by atoms with E-state index >= 15 is 0 Å². The first-order chi connectivity index (χ1) is 20.9. The van der Waals surface area contributed by atoms with Crippen molar-refractivity contribution in [2.75, 3.05) is 0 Å². The van der Waals surface area contributed by atoms with Gasteiger partial charge in [0.2, 0.25) is 0 Å². The second-order valence-electron chi connectivity index (χ2n) is 13.0. The quantitative estimate of drug-likeness (QED) is 0.0396. The van der Waals surface area contributed by atoms with Crippen LogP contribution in [0.1, 0.15) is 194 Å². The van der Waals surface area contributed by atoms with Gasteiger partial charge in [0.05, 0.1) is 0 Å². The number of carbonyl (C=O) groups is 2. The van der Waals surface area contributed by atoms with E-state index in [2.05, 4.69) is 38.2 Å². The van der Waals surface area contributed by atoms with E-state index < -0.39 is 19.2 Å². The number of carbonyl (C=O) groups excluding carboxylic acids is 2. The molecule has 0 saturated carbocycles. The minimum absolute atomic E-state index is 0.188. The molecule has 0 aromatic carbocycles. The number of hydrogen-bond acceptors (Lipinski definition) is 4. The normalized spacial score (nSPS) is 12.0. The Morgan fingerprint density at radius 1 is 0.419 bits per heavy atom. The van der Waals surface area contributed by atoms with Gasteiger partial charge in [0.1, 0.15) is 0 Å². The van der Waals surface area contributed by atoms with E-state index in [0.717, 1.165) is 38.5 Å². The summed E-state index contributed by atoms with van der Waals surface area (Å²) >= 11 is -3.56. The van der Waals surface area contributed by atoms with E-state index in [1.165, 1.54) is 128 Å². The minimum atomic E-state index is -3.56. The van der Waals surface area contributed by atoms with Crippen LogP contribution in [0.2, 0.25) is 9.88 Å². The molecular weight excluding hydrogens is 639 g/mol. The summed E-state index contributed by atoms with van der Waals surface area (Å²) in [4.78, 5) is 28.3. The van der Waals surface area contributed by atoms with Crippen molar-refractivity contribution in [3.8, 4) is 0 Å². The minimum Gasteiger partial charge on any atom is -0.0654 e. The Kier molecular flexibility index (Phi) is 32.0. The molecule has 0 aliphatic rings. The molecule has 0 aromatic heterocycles. The average Bonchev–Trinajstić information content (AvgIpc) is 2.96. The van der Waals surface area contributed by atoms with Crippen LogP contribution in [0.3, 0.4) is 0 Å². The molecular formula is C38H72O4Sn. The summed E-state index contributed by atoms with van der Waals surface area (Å²) in [5.74, 6) is -0.375. The van der Waals surface area contributed by atoms with Crippen molar-refractivity contribution in [2.24, 2.45) is 0 Å². The summed E-state index contributed by atoms with van der Waals surface area (Å²) < 4.78 is 11.3. The molecule has 0 unspecified atom stereocenters. The molecule has 0 heterocycles. The molecule has 252 valence electrons. The monoisotopic (exact) mass is 712 g/mol. The van der Waals surface area contributed by atoms with Crippen molar-refractivity contribution in [3.63, 3.8) is 0 Å². The Morgan fingerprint density at radius 3 is 0.977 bits per heavy atom. The molecule has 0 rings (SSSR count). The maximum absolute atomic E-state index is 12.3. The van der Waals surface area contributed by atoms with Gasteiger partial charge in [0.15, 0.2) is 0 Å². The van der Waals surface area contributed by atoms with Crippen molar-refractivity contribution in [2.45, 2.75) is 204 Å². The summed E-state index contributed by atoms with van der Waals surface area (Å²) in [6, 6.07) is 0. The van der Waals surface area contributed by atoms with Gasteiger partial charge >= 0.3 is 184 Å². The van der Waals surface area contributed by atoms with Gasteiger partial charge < -0.3 is 0 Å². The molecule has 0 aliphatic carbocycles. The molecule has 0 radical (unpaired) electrons. The van der Waals surface area contributed by atoms with Crippen LogP contribution in [0.15, 0.2) is 24.3 Å². The first-order valence-corrected chi connectivity index (χ1v) is 26.7. The molecule has 0 N–H and O–H groups in total. The number of rotatable bonds is 32. The van der Waals surface area contributed by atoms with E-state index in [4.69, 9.17) is 6.15 Å². The Hall–Kier alpha value is -0.781. The van der Waals surface area contributed by atoms with Gasteiger partial charge in [-0.05, 0) is 12.8 Å². The predicted octanol–water partition coefficient (Wildman–Crippen LogP) is 12.8. The second kappa shape index (κ2) is 32.6. The number of hydrogen-bond donors (Lipinski definition) is 0. The third kappa shape index (κ3) is 33.9. The third-order valence-corrected chi connectivity index (χ3v) is 12.1. The standard InChI is InChI=1S/2C18H34O2.2CH3.Sn/c2*1-2-3-4-5-6-7-8-9-10-11-12-13-14-15-16-17-18(19)20;;;/h2*9-10H,2-8,11-17H2,1H3,(H,19,20);2*1H3;/q;;;;+2/p-2/b2*10-9-;;;. The van der Waals surface area contributed by atoms with E-state index in [1.807, 2.05) is 9.88 Å². The van der Waals surface area contributed by atoms with Gasteiger partial charge in [-0.2, -0.15) is 0 Å². The second-order valence-corrected chi connectivity index (χ2v) is 22.2. The van der Waals surface area contributed by atoms with Crippen LogP contribution in [0.25, 0.3) is 0 Å². The summed E-state index contributed by atoms with van der Waals surface area (Å²) in [6.07, 6.45) is 42.5. The van der Waals surface area contributed by atoms with Gasteiger partial charge in [-0.1, -0.05) is 78.1 Å². The molecule has 0 amide bonds. The first-order valence-electron chi connectivity index (χ1n) is 18.6. The molecule has 0 saturated heterocycles. The Balaban J connectivity index is 3.61. The topological polar surface area (TPSA) is 52.6 Å². The van der Waals surface area contributed by atoms with Crippen LogP contribution in [0, 0.1) is 0 Å². The van der Waals surface area contributed by atoms with Crippen molar-refractivity contribution in [1.82, 2.24) is 0 Å². The van der Waals surface area contributed by atoms with Gasteiger partial charge in [-0.15, -0.1) is 0 Å². The number of allylic oxidation sites excluding steroid dienone is 4. The third-order valence-electron chi connectivity index (χ3n) is 8.00. The molecule has 0 atom stereocenters. The van der Waals surface area contributed by atoms with E-state index in [1.54, 1.807) is 0 Å². The van der Waals surface area contributed by atoms with Crippen LogP contribution in [-0.2, 0) is 15.7 Å². The summed E-state index contributed by atoms with van der Waals surface area (Å²) in [7, 11) is 0. The van der Waals surface area contributed by atoms with Crippen molar-refractivity contribution in [3.05, 3.63) is 24.3 Å². The molecule has 0 aliphatic heterocycles. The van der Waals surface area contributed by atoms with E-state index in [9.17, 15) is 9.59 Å². The Morgan fingerprint density at radius 2 is 0.674 bits per heavy atom. The zero-order chi connectivity index (χ0) is 31.7. The van der Waals surface area contributed by atoms with Crippen molar-refractivity contribution >= 4 is 31.1 Å². The van der Waals surface area contributed by atoms with Gasteiger partial charge in [0, 0.05) is 0 Å². The molecule has 0 spiro atoms. The Labute approximate surface area is 273 Å². The van der Waals surface area contributed by atoms with Crippen LogP contribution in [0.4, 0.5) is 0 Å². The molecule has 0 aromatic rings. The van der Waals surface area contributed by atoms with Gasteiger partial charge in [-0.3, -0.25) is 0 Å². The SMILES string of the molecule is CCCCCCCC/C=C\CCCCCCCC(=O)[O][Sn]([CH3])([CH3])[O]C(=O)CCCCCCC/C=C\CCCCCCCC. The molecule has 4 nitrogen and oxygen atoms in total. The van der Waals surface area contributed by atoms with E-state index in [-0.39, 0.29) is 11.9 Å². The summed E-state index contributed by atoms with van der Waals surface area (Å²) in [5.41, 5.74) is 0. The fourth-order valence-corrected chi connectivity index (χ4v) is 9.18. The van der Waals surface area contributed by atoms with Crippen LogP contribution in [0.5, 0.6) is 0 Å². The fraction of sp³-hybridized carbons (Fsp3) is 0.842. The molecule has 5 heteroatoms. The van der Waals surface area contributed by atoms with Crippen LogP contribution >= 0.6 is 0 Å². The number of unbranched alkanes of at least 4 members (excludes halogenated alkanes) is 22. The fourth-order valence-electron chi connectivity index (χ4n) is 5.35. The zero-order valence-electron chi connectivity index (χ0n) is 29.2. The smallest absolute Gasteiger partial charge is 0.0654 e. The molecule has 0 fully saturated rings. The maximum atomic E-state index is 12.3. The summed E-state index contributed by atoms with van der Waals surface area (Å²) in [6.45, 7) is 4.53. The van der Waals surface area contributed by atoms with Crippen LogP contribution < -0.4 is 0 Å². The average molecular weight is 712 g/mol.